The van der Waals surface area contributed by atoms with Crippen molar-refractivity contribution >= 4 is 21.8 Å². The van der Waals surface area contributed by atoms with Gasteiger partial charge in [0.05, 0.1) is 35.2 Å². The van der Waals surface area contributed by atoms with Gasteiger partial charge in [-0.3, -0.25) is 9.48 Å². The largest absolute Gasteiger partial charge is 0.467 e. The van der Waals surface area contributed by atoms with Gasteiger partial charge in [-0.15, -0.1) is 0 Å². The Bertz CT molecular complexity index is 818. The van der Waals surface area contributed by atoms with E-state index in [1.54, 1.807) is 30.5 Å². The van der Waals surface area contributed by atoms with Gasteiger partial charge in [0.25, 0.3) is 5.91 Å². The van der Waals surface area contributed by atoms with E-state index in [0.717, 1.165) is 15.9 Å². The molecule has 0 radical (unpaired) electrons. The average Bonchev–Trinajstić information content (AvgIpc) is 3.25. The van der Waals surface area contributed by atoms with Crippen LogP contribution >= 0.6 is 15.9 Å². The van der Waals surface area contributed by atoms with Crippen LogP contribution in [0, 0.1) is 13.8 Å². The van der Waals surface area contributed by atoms with E-state index in [1.165, 1.54) is 0 Å². The molecule has 0 aromatic carbocycles. The number of amides is 1. The van der Waals surface area contributed by atoms with Crippen LogP contribution in [-0.2, 0) is 13.1 Å². The van der Waals surface area contributed by atoms with Crippen LogP contribution in [0.25, 0.3) is 0 Å². The van der Waals surface area contributed by atoms with E-state index in [4.69, 9.17) is 8.83 Å². The van der Waals surface area contributed by atoms with Crippen molar-refractivity contribution < 1.29 is 13.6 Å². The Labute approximate surface area is 141 Å². The molecule has 1 N–H and O–H groups in total. The second kappa shape index (κ2) is 6.45. The minimum Gasteiger partial charge on any atom is -0.467 e. The van der Waals surface area contributed by atoms with E-state index in [-0.39, 0.29) is 11.7 Å². The SMILES string of the molecule is Cc1nn(Cc2ccc(C(=O)NCc3ccco3)o2)c(C)c1Br. The van der Waals surface area contributed by atoms with Crippen molar-refractivity contribution in [3.05, 3.63) is 63.7 Å². The molecule has 3 rings (SSSR count). The molecule has 23 heavy (non-hydrogen) atoms. The van der Waals surface area contributed by atoms with Gasteiger partial charge in [-0.05, 0) is 54.0 Å². The minimum absolute atomic E-state index is 0.271. The molecule has 1 amide bonds. The molecule has 0 aliphatic heterocycles. The van der Waals surface area contributed by atoms with Gasteiger partial charge in [0, 0.05) is 0 Å². The van der Waals surface area contributed by atoms with Crippen LogP contribution in [0.15, 0.2) is 43.8 Å². The molecule has 3 aromatic heterocycles. The summed E-state index contributed by atoms with van der Waals surface area (Å²) in [6.07, 6.45) is 1.57. The number of aromatic nitrogens is 2. The molecule has 7 heteroatoms. The minimum atomic E-state index is -0.276. The van der Waals surface area contributed by atoms with E-state index in [2.05, 4.69) is 26.3 Å². The summed E-state index contributed by atoms with van der Waals surface area (Å²) in [4.78, 5) is 12.1. The summed E-state index contributed by atoms with van der Waals surface area (Å²) in [5, 5.41) is 7.17. The van der Waals surface area contributed by atoms with Crippen LogP contribution in [0.2, 0.25) is 0 Å². The molecule has 6 nitrogen and oxygen atoms in total. The number of rotatable bonds is 5. The zero-order valence-corrected chi connectivity index (χ0v) is 14.4. The van der Waals surface area contributed by atoms with E-state index in [0.29, 0.717) is 24.6 Å². The maximum absolute atomic E-state index is 12.1. The molecule has 0 saturated heterocycles. The maximum Gasteiger partial charge on any atom is 0.287 e. The number of nitrogens with one attached hydrogen (secondary N) is 1. The van der Waals surface area contributed by atoms with Crippen molar-refractivity contribution in [2.24, 2.45) is 0 Å². The summed E-state index contributed by atoms with van der Waals surface area (Å²) in [5.41, 5.74) is 1.94. The summed E-state index contributed by atoms with van der Waals surface area (Å²) in [6, 6.07) is 7.02. The highest BCUT2D eigenvalue weighted by Gasteiger charge is 2.14. The van der Waals surface area contributed by atoms with Gasteiger partial charge in [-0.25, -0.2) is 0 Å². The van der Waals surface area contributed by atoms with E-state index < -0.39 is 0 Å². The topological polar surface area (TPSA) is 73.2 Å². The van der Waals surface area contributed by atoms with Crippen molar-refractivity contribution in [3.8, 4) is 0 Å². The van der Waals surface area contributed by atoms with Gasteiger partial charge < -0.3 is 14.2 Å². The third-order valence-electron chi connectivity index (χ3n) is 3.49. The van der Waals surface area contributed by atoms with Crippen molar-refractivity contribution in [1.82, 2.24) is 15.1 Å². The molecule has 0 atom stereocenters. The molecule has 0 unspecified atom stereocenters. The second-order valence-electron chi connectivity index (χ2n) is 5.17. The Morgan fingerprint density at radius 3 is 2.78 bits per heavy atom. The molecule has 0 aliphatic carbocycles. The number of hydrogen-bond donors (Lipinski definition) is 1. The predicted molar refractivity (Wildman–Crippen MR) is 87.1 cm³/mol. The molecule has 0 saturated carbocycles. The number of hydrogen-bond acceptors (Lipinski definition) is 4. The lowest BCUT2D eigenvalue weighted by Gasteiger charge is -2.02. The van der Waals surface area contributed by atoms with Crippen molar-refractivity contribution in [3.63, 3.8) is 0 Å². The molecule has 3 heterocycles. The highest BCUT2D eigenvalue weighted by molar-refractivity contribution is 9.10. The van der Waals surface area contributed by atoms with Gasteiger partial charge >= 0.3 is 0 Å². The Kier molecular flexibility index (Phi) is 4.38. The number of halogens is 1. The number of aryl methyl sites for hydroxylation is 1. The van der Waals surface area contributed by atoms with Crippen LogP contribution in [0.5, 0.6) is 0 Å². The molecule has 0 spiro atoms. The van der Waals surface area contributed by atoms with E-state index in [1.807, 2.05) is 18.5 Å². The Balaban J connectivity index is 1.65. The first-order valence-corrected chi connectivity index (χ1v) is 7.92. The lowest BCUT2D eigenvalue weighted by Crippen LogP contribution is -2.21. The number of carbonyl (C=O) groups is 1. The summed E-state index contributed by atoms with van der Waals surface area (Å²) in [5.74, 6) is 1.36. The van der Waals surface area contributed by atoms with Gasteiger partial charge in [0.2, 0.25) is 0 Å². The molecule has 0 fully saturated rings. The van der Waals surface area contributed by atoms with Gasteiger partial charge in [-0.1, -0.05) is 0 Å². The highest BCUT2D eigenvalue weighted by Crippen LogP contribution is 2.21. The third-order valence-corrected chi connectivity index (χ3v) is 4.64. The standard InChI is InChI=1S/C16H16BrN3O3/c1-10-15(17)11(2)20(19-10)9-13-5-6-14(23-13)16(21)18-8-12-4-3-7-22-12/h3-7H,8-9H2,1-2H3,(H,18,21). The lowest BCUT2D eigenvalue weighted by molar-refractivity contribution is 0.0918. The fourth-order valence-corrected chi connectivity index (χ4v) is 2.51. The van der Waals surface area contributed by atoms with Gasteiger partial charge in [0.1, 0.15) is 11.5 Å². The Morgan fingerprint density at radius 1 is 1.30 bits per heavy atom. The lowest BCUT2D eigenvalue weighted by atomic mass is 10.3. The normalized spacial score (nSPS) is 10.9. The summed E-state index contributed by atoms with van der Waals surface area (Å²) in [7, 11) is 0. The van der Waals surface area contributed by atoms with Gasteiger partial charge in [0.15, 0.2) is 5.76 Å². The summed E-state index contributed by atoms with van der Waals surface area (Å²) < 4.78 is 13.6. The third kappa shape index (κ3) is 3.39. The molecule has 0 bridgehead atoms. The molecule has 3 aromatic rings. The van der Waals surface area contributed by atoms with Crippen LogP contribution in [0.1, 0.15) is 33.5 Å². The molecule has 0 aliphatic rings. The zero-order chi connectivity index (χ0) is 16.4. The maximum atomic E-state index is 12.1. The van der Waals surface area contributed by atoms with Crippen LogP contribution in [0.4, 0.5) is 0 Å². The molecular weight excluding hydrogens is 362 g/mol. The molecule has 120 valence electrons. The summed E-state index contributed by atoms with van der Waals surface area (Å²) in [6.45, 7) is 4.71. The monoisotopic (exact) mass is 377 g/mol. The second-order valence-corrected chi connectivity index (χ2v) is 5.96. The quantitative estimate of drug-likeness (QED) is 0.738. The average molecular weight is 378 g/mol. The fraction of sp³-hybridized carbons (Fsp3) is 0.250. The highest BCUT2D eigenvalue weighted by atomic mass is 79.9. The first kappa shape index (κ1) is 15.6. The van der Waals surface area contributed by atoms with Crippen LogP contribution in [0.3, 0.4) is 0 Å². The first-order valence-electron chi connectivity index (χ1n) is 7.13. The van der Waals surface area contributed by atoms with Crippen molar-refractivity contribution in [1.29, 1.82) is 0 Å². The van der Waals surface area contributed by atoms with E-state index >= 15 is 0 Å². The van der Waals surface area contributed by atoms with Crippen LogP contribution in [-0.4, -0.2) is 15.7 Å². The Morgan fingerprint density at radius 2 is 2.13 bits per heavy atom. The number of nitrogens with zero attached hydrogens (tertiary/aromatic N) is 2. The summed E-state index contributed by atoms with van der Waals surface area (Å²) >= 11 is 3.49. The predicted octanol–water partition coefficient (Wildman–Crippen LogP) is 3.43. The zero-order valence-electron chi connectivity index (χ0n) is 12.8. The fourth-order valence-electron chi connectivity index (χ4n) is 2.23. The molecular formula is C16H16BrN3O3. The van der Waals surface area contributed by atoms with E-state index in [9.17, 15) is 4.79 Å². The van der Waals surface area contributed by atoms with Gasteiger partial charge in [-0.2, -0.15) is 5.10 Å². The Hall–Kier alpha value is -2.28. The van der Waals surface area contributed by atoms with Crippen molar-refractivity contribution in [2.75, 3.05) is 0 Å². The number of carbonyl (C=O) groups excluding carboxylic acids is 1. The van der Waals surface area contributed by atoms with Crippen molar-refractivity contribution in [2.45, 2.75) is 26.9 Å². The van der Waals surface area contributed by atoms with Crippen LogP contribution < -0.4 is 5.32 Å². The first-order chi connectivity index (χ1) is 11.0. The smallest absolute Gasteiger partial charge is 0.287 e. The number of furan rings is 2.